The van der Waals surface area contributed by atoms with E-state index >= 15 is 0 Å². The first-order valence-electron chi connectivity index (χ1n) is 7.12. The number of hydrogen-bond donors (Lipinski definition) is 2. The molecule has 1 aliphatic carbocycles. The standard InChI is InChI=1S/C17H19NO2/c1-10(2)12-5-6-16-14(7-12)15(9-18-16)13(8-17(19)20)11-3-4-11/h5-11,18H,3-4H2,1-2H3,(H,19,20)/b13-8+. The molecule has 1 fully saturated rings. The fourth-order valence-electron chi connectivity index (χ4n) is 2.68. The van der Waals surface area contributed by atoms with Crippen LogP contribution in [-0.2, 0) is 4.79 Å². The van der Waals surface area contributed by atoms with Crippen LogP contribution in [0.5, 0.6) is 0 Å². The minimum absolute atomic E-state index is 0.410. The molecule has 104 valence electrons. The lowest BCUT2D eigenvalue weighted by Gasteiger charge is -2.07. The van der Waals surface area contributed by atoms with Gasteiger partial charge in [0.1, 0.15) is 0 Å². The Labute approximate surface area is 118 Å². The summed E-state index contributed by atoms with van der Waals surface area (Å²) in [7, 11) is 0. The topological polar surface area (TPSA) is 53.1 Å². The lowest BCUT2D eigenvalue weighted by molar-refractivity contribution is -0.131. The number of allylic oxidation sites excluding steroid dienone is 1. The van der Waals surface area contributed by atoms with Gasteiger partial charge in [-0.1, -0.05) is 19.9 Å². The molecule has 3 nitrogen and oxygen atoms in total. The van der Waals surface area contributed by atoms with E-state index in [9.17, 15) is 4.79 Å². The molecule has 1 heterocycles. The Hall–Kier alpha value is -2.03. The SMILES string of the molecule is CC(C)c1ccc2[nH]cc(/C(=C/C(=O)O)C3CC3)c2c1. The summed E-state index contributed by atoms with van der Waals surface area (Å²) in [6, 6.07) is 6.40. The van der Waals surface area contributed by atoms with Gasteiger partial charge in [0, 0.05) is 28.7 Å². The Bertz CT molecular complexity index is 690. The van der Waals surface area contributed by atoms with Gasteiger partial charge in [0.05, 0.1) is 0 Å². The molecule has 0 radical (unpaired) electrons. The van der Waals surface area contributed by atoms with Crippen LogP contribution in [0.1, 0.15) is 43.7 Å². The molecular formula is C17H19NO2. The molecule has 3 heteroatoms. The van der Waals surface area contributed by atoms with E-state index in [2.05, 4.69) is 37.0 Å². The number of carbonyl (C=O) groups is 1. The fraction of sp³-hybridized carbons (Fsp3) is 0.353. The molecule has 1 aromatic carbocycles. The van der Waals surface area contributed by atoms with Crippen LogP contribution in [0.3, 0.4) is 0 Å². The van der Waals surface area contributed by atoms with Gasteiger partial charge in [0.25, 0.3) is 0 Å². The summed E-state index contributed by atoms with van der Waals surface area (Å²) < 4.78 is 0. The second-order valence-corrected chi connectivity index (χ2v) is 5.87. The number of carboxylic acids is 1. The average molecular weight is 269 g/mol. The van der Waals surface area contributed by atoms with Gasteiger partial charge < -0.3 is 10.1 Å². The normalized spacial score (nSPS) is 16.1. The minimum atomic E-state index is -0.860. The molecule has 2 aromatic rings. The molecule has 0 bridgehead atoms. The number of aliphatic carboxylic acids is 1. The summed E-state index contributed by atoms with van der Waals surface area (Å²) in [4.78, 5) is 14.3. The van der Waals surface area contributed by atoms with Crippen molar-refractivity contribution in [3.8, 4) is 0 Å². The number of benzene rings is 1. The van der Waals surface area contributed by atoms with Crippen molar-refractivity contribution in [3.63, 3.8) is 0 Å². The number of nitrogens with one attached hydrogen (secondary N) is 1. The highest BCUT2D eigenvalue weighted by Crippen LogP contribution is 2.44. The monoisotopic (exact) mass is 269 g/mol. The van der Waals surface area contributed by atoms with Crippen LogP contribution in [0.4, 0.5) is 0 Å². The maximum absolute atomic E-state index is 11.1. The smallest absolute Gasteiger partial charge is 0.328 e. The molecular weight excluding hydrogens is 250 g/mol. The summed E-state index contributed by atoms with van der Waals surface area (Å²) >= 11 is 0. The predicted molar refractivity (Wildman–Crippen MR) is 80.7 cm³/mol. The van der Waals surface area contributed by atoms with Crippen LogP contribution in [-0.4, -0.2) is 16.1 Å². The van der Waals surface area contributed by atoms with Crippen molar-refractivity contribution in [3.05, 3.63) is 41.6 Å². The zero-order valence-electron chi connectivity index (χ0n) is 11.8. The van der Waals surface area contributed by atoms with Crippen molar-refractivity contribution in [1.29, 1.82) is 0 Å². The zero-order chi connectivity index (χ0) is 14.3. The van der Waals surface area contributed by atoms with Crippen LogP contribution in [0.25, 0.3) is 16.5 Å². The first-order chi connectivity index (χ1) is 9.56. The number of H-pyrrole nitrogens is 1. The van der Waals surface area contributed by atoms with E-state index in [4.69, 9.17) is 5.11 Å². The second kappa shape index (κ2) is 4.82. The molecule has 2 N–H and O–H groups in total. The third kappa shape index (κ3) is 2.36. The van der Waals surface area contributed by atoms with Crippen molar-refractivity contribution < 1.29 is 9.90 Å². The van der Waals surface area contributed by atoms with Crippen molar-refractivity contribution in [2.45, 2.75) is 32.6 Å². The summed E-state index contributed by atoms with van der Waals surface area (Å²) in [6.45, 7) is 4.34. The first-order valence-corrected chi connectivity index (χ1v) is 7.12. The van der Waals surface area contributed by atoms with Gasteiger partial charge in [-0.25, -0.2) is 4.79 Å². The van der Waals surface area contributed by atoms with E-state index in [1.807, 2.05) is 6.20 Å². The molecule has 20 heavy (non-hydrogen) atoms. The van der Waals surface area contributed by atoms with E-state index in [1.54, 1.807) is 0 Å². The van der Waals surface area contributed by atoms with E-state index in [0.717, 1.165) is 34.9 Å². The van der Waals surface area contributed by atoms with Crippen molar-refractivity contribution in [1.82, 2.24) is 4.98 Å². The molecule has 0 unspecified atom stereocenters. The molecule has 3 rings (SSSR count). The number of fused-ring (bicyclic) bond motifs is 1. The molecule has 0 spiro atoms. The molecule has 0 atom stereocenters. The predicted octanol–water partition coefficient (Wildman–Crippen LogP) is 4.17. The Morgan fingerprint density at radius 3 is 2.75 bits per heavy atom. The van der Waals surface area contributed by atoms with Crippen LogP contribution < -0.4 is 0 Å². The number of aromatic nitrogens is 1. The number of hydrogen-bond acceptors (Lipinski definition) is 1. The molecule has 1 aliphatic rings. The quantitative estimate of drug-likeness (QED) is 0.818. The fourth-order valence-corrected chi connectivity index (χ4v) is 2.68. The van der Waals surface area contributed by atoms with Gasteiger partial charge in [-0.2, -0.15) is 0 Å². The third-order valence-corrected chi connectivity index (χ3v) is 3.98. The molecule has 1 saturated carbocycles. The Morgan fingerprint density at radius 1 is 1.40 bits per heavy atom. The molecule has 0 saturated heterocycles. The van der Waals surface area contributed by atoms with Crippen molar-refractivity contribution >= 4 is 22.4 Å². The van der Waals surface area contributed by atoms with E-state index in [1.165, 1.54) is 11.6 Å². The van der Waals surface area contributed by atoms with Crippen LogP contribution in [0.2, 0.25) is 0 Å². The highest BCUT2D eigenvalue weighted by atomic mass is 16.4. The molecule has 0 amide bonds. The number of aromatic amines is 1. The van der Waals surface area contributed by atoms with Crippen molar-refractivity contribution in [2.75, 3.05) is 0 Å². The first kappa shape index (κ1) is 13.0. The van der Waals surface area contributed by atoms with Crippen LogP contribution in [0, 0.1) is 5.92 Å². The maximum atomic E-state index is 11.1. The lowest BCUT2D eigenvalue weighted by atomic mass is 9.96. The van der Waals surface area contributed by atoms with E-state index in [-0.39, 0.29) is 0 Å². The van der Waals surface area contributed by atoms with E-state index in [0.29, 0.717) is 11.8 Å². The maximum Gasteiger partial charge on any atom is 0.328 e. The summed E-state index contributed by atoms with van der Waals surface area (Å²) in [5.74, 6) is 0.0176. The van der Waals surface area contributed by atoms with Crippen LogP contribution in [0.15, 0.2) is 30.5 Å². The Balaban J connectivity index is 2.14. The van der Waals surface area contributed by atoms with Gasteiger partial charge in [-0.3, -0.25) is 0 Å². The minimum Gasteiger partial charge on any atom is -0.478 e. The largest absolute Gasteiger partial charge is 0.478 e. The second-order valence-electron chi connectivity index (χ2n) is 5.87. The Morgan fingerprint density at radius 2 is 2.15 bits per heavy atom. The highest BCUT2D eigenvalue weighted by molar-refractivity contribution is 5.99. The van der Waals surface area contributed by atoms with Crippen molar-refractivity contribution in [2.24, 2.45) is 5.92 Å². The molecule has 1 aromatic heterocycles. The van der Waals surface area contributed by atoms with Gasteiger partial charge in [-0.05, 0) is 47.9 Å². The Kier molecular flexibility index (Phi) is 3.13. The summed E-state index contributed by atoms with van der Waals surface area (Å²) in [5.41, 5.74) is 4.36. The van der Waals surface area contributed by atoms with Gasteiger partial charge in [-0.15, -0.1) is 0 Å². The van der Waals surface area contributed by atoms with Gasteiger partial charge >= 0.3 is 5.97 Å². The van der Waals surface area contributed by atoms with E-state index < -0.39 is 5.97 Å². The summed E-state index contributed by atoms with van der Waals surface area (Å²) in [5, 5.41) is 10.2. The molecule has 0 aliphatic heterocycles. The van der Waals surface area contributed by atoms with Crippen LogP contribution >= 0.6 is 0 Å². The average Bonchev–Trinajstić information content (AvgIpc) is 3.15. The van der Waals surface area contributed by atoms with Gasteiger partial charge in [0.15, 0.2) is 0 Å². The lowest BCUT2D eigenvalue weighted by Crippen LogP contribution is -1.94. The number of rotatable bonds is 4. The zero-order valence-corrected chi connectivity index (χ0v) is 11.8. The third-order valence-electron chi connectivity index (χ3n) is 3.98. The van der Waals surface area contributed by atoms with Gasteiger partial charge in [0.2, 0.25) is 0 Å². The number of carboxylic acid groups (broad SMARTS) is 1. The highest BCUT2D eigenvalue weighted by Gasteiger charge is 2.29. The summed E-state index contributed by atoms with van der Waals surface area (Å²) in [6.07, 6.45) is 5.51.